The maximum absolute atomic E-state index is 11.2. The molecule has 0 aromatic heterocycles. The van der Waals surface area contributed by atoms with E-state index in [0.29, 0.717) is 12.0 Å². The monoisotopic (exact) mass is 313 g/mol. The van der Waals surface area contributed by atoms with Gasteiger partial charge in [-0.3, -0.25) is 4.99 Å². The van der Waals surface area contributed by atoms with Crippen LogP contribution in [-0.2, 0) is 10.0 Å². The molecule has 0 aliphatic carbocycles. The number of sulfonamides is 1. The number of anilines is 1. The molecule has 0 bridgehead atoms. The summed E-state index contributed by atoms with van der Waals surface area (Å²) in [6.45, 7) is 4.34. The maximum atomic E-state index is 11.2. The average molecular weight is 313 g/mol. The molecule has 0 amide bonds. The number of nitrogens with one attached hydrogen (secondary N) is 1. The van der Waals surface area contributed by atoms with Crippen LogP contribution in [0.1, 0.15) is 20.3 Å². The van der Waals surface area contributed by atoms with Gasteiger partial charge in [-0.15, -0.1) is 0 Å². The lowest BCUT2D eigenvalue weighted by molar-refractivity contribution is 0.485. The Morgan fingerprint density at radius 3 is 2.55 bits per heavy atom. The first-order valence-corrected chi connectivity index (χ1v) is 9.00. The van der Waals surface area contributed by atoms with Crippen molar-refractivity contribution < 1.29 is 8.42 Å². The van der Waals surface area contributed by atoms with Crippen molar-refractivity contribution in [2.45, 2.75) is 31.2 Å². The van der Waals surface area contributed by atoms with Gasteiger partial charge in [-0.2, -0.15) is 0 Å². The number of hydrogen-bond donors (Lipinski definition) is 2. The van der Waals surface area contributed by atoms with Crippen molar-refractivity contribution in [3.8, 4) is 0 Å². The molecule has 1 aliphatic heterocycles. The zero-order valence-electron chi connectivity index (χ0n) is 11.5. The van der Waals surface area contributed by atoms with E-state index >= 15 is 0 Å². The number of hydrogen-bond acceptors (Lipinski definition) is 5. The van der Waals surface area contributed by atoms with Gasteiger partial charge in [-0.1, -0.05) is 25.6 Å². The fourth-order valence-electron chi connectivity index (χ4n) is 1.93. The summed E-state index contributed by atoms with van der Waals surface area (Å²) in [5, 5.41) is 9.18. The van der Waals surface area contributed by atoms with Crippen molar-refractivity contribution >= 4 is 32.6 Å². The molecule has 5 nitrogen and oxygen atoms in total. The highest BCUT2D eigenvalue weighted by molar-refractivity contribution is 8.14. The second kappa shape index (κ2) is 6.15. The number of nitrogens with two attached hydrogens (primary N) is 1. The Balaban J connectivity index is 2.10. The van der Waals surface area contributed by atoms with Gasteiger partial charge < -0.3 is 5.32 Å². The molecule has 2 rings (SSSR count). The van der Waals surface area contributed by atoms with Crippen LogP contribution in [0, 0.1) is 5.92 Å². The first-order valence-electron chi connectivity index (χ1n) is 6.47. The zero-order valence-corrected chi connectivity index (χ0v) is 13.2. The van der Waals surface area contributed by atoms with Gasteiger partial charge in [-0.05, 0) is 36.6 Å². The van der Waals surface area contributed by atoms with E-state index < -0.39 is 10.0 Å². The molecule has 3 N–H and O–H groups in total. The molecule has 20 heavy (non-hydrogen) atoms. The second-order valence-electron chi connectivity index (χ2n) is 5.08. The van der Waals surface area contributed by atoms with Crippen LogP contribution in [0.25, 0.3) is 0 Å². The summed E-state index contributed by atoms with van der Waals surface area (Å²) in [5.41, 5.74) is 0.813. The second-order valence-corrected chi connectivity index (χ2v) is 7.72. The van der Waals surface area contributed by atoms with E-state index in [4.69, 9.17) is 5.14 Å². The summed E-state index contributed by atoms with van der Waals surface area (Å²) >= 11 is 1.68. The van der Waals surface area contributed by atoms with Crippen molar-refractivity contribution in [3.63, 3.8) is 0 Å². The Kier molecular flexibility index (Phi) is 4.72. The molecule has 1 aromatic rings. The molecule has 0 saturated heterocycles. The maximum Gasteiger partial charge on any atom is 0.238 e. The molecule has 7 heteroatoms. The molecule has 0 fully saturated rings. The summed E-state index contributed by atoms with van der Waals surface area (Å²) in [6, 6.07) is 6.73. The smallest absolute Gasteiger partial charge is 0.238 e. The van der Waals surface area contributed by atoms with Gasteiger partial charge in [0, 0.05) is 11.4 Å². The summed E-state index contributed by atoms with van der Waals surface area (Å²) in [5.74, 6) is 1.57. The highest BCUT2D eigenvalue weighted by Crippen LogP contribution is 2.24. The summed E-state index contributed by atoms with van der Waals surface area (Å²) in [7, 11) is -3.64. The van der Waals surface area contributed by atoms with Crippen LogP contribution in [0.3, 0.4) is 0 Å². The lowest BCUT2D eigenvalue weighted by Crippen LogP contribution is -2.23. The SMILES string of the molecule is CC(C)C1CCSC(Nc2ccc(S(N)(=O)=O)cc2)=N1. The van der Waals surface area contributed by atoms with Crippen molar-refractivity contribution in [3.05, 3.63) is 24.3 Å². The standard InChI is InChI=1S/C13H19N3O2S2/c1-9(2)12-7-8-19-13(16-12)15-10-3-5-11(6-4-10)20(14,17)18/h3-6,9,12H,7-8H2,1-2H3,(H,15,16)(H2,14,17,18). The Morgan fingerprint density at radius 1 is 1.35 bits per heavy atom. The topological polar surface area (TPSA) is 84.5 Å². The van der Waals surface area contributed by atoms with Crippen LogP contribution in [0.4, 0.5) is 5.69 Å². The van der Waals surface area contributed by atoms with Crippen LogP contribution in [0.2, 0.25) is 0 Å². The van der Waals surface area contributed by atoms with Crippen LogP contribution in [0.5, 0.6) is 0 Å². The molecule has 110 valence electrons. The quantitative estimate of drug-likeness (QED) is 0.896. The molecule has 0 radical (unpaired) electrons. The minimum absolute atomic E-state index is 0.112. The third-order valence-electron chi connectivity index (χ3n) is 3.14. The molecule has 1 unspecified atom stereocenters. The average Bonchev–Trinajstić information content (AvgIpc) is 2.38. The first-order chi connectivity index (χ1) is 9.36. The molecule has 1 atom stereocenters. The van der Waals surface area contributed by atoms with Crippen LogP contribution in [-0.4, -0.2) is 25.4 Å². The third-order valence-corrected chi connectivity index (χ3v) is 4.99. The van der Waals surface area contributed by atoms with E-state index in [-0.39, 0.29) is 4.90 Å². The van der Waals surface area contributed by atoms with Gasteiger partial charge in [0.25, 0.3) is 0 Å². The van der Waals surface area contributed by atoms with Gasteiger partial charge in [0.1, 0.15) is 0 Å². The normalized spacial score (nSPS) is 19.8. The first kappa shape index (κ1) is 15.3. The minimum atomic E-state index is -3.64. The summed E-state index contributed by atoms with van der Waals surface area (Å²) < 4.78 is 22.4. The highest BCUT2D eigenvalue weighted by atomic mass is 32.2. The molecule has 1 aromatic carbocycles. The number of amidine groups is 1. The predicted molar refractivity (Wildman–Crippen MR) is 84.6 cm³/mol. The van der Waals surface area contributed by atoms with E-state index in [1.165, 1.54) is 12.1 Å². The Morgan fingerprint density at radius 2 is 2.00 bits per heavy atom. The van der Waals surface area contributed by atoms with Gasteiger partial charge in [-0.25, -0.2) is 13.6 Å². The molecular formula is C13H19N3O2S2. The number of aliphatic imine (C=N–C) groups is 1. The van der Waals surface area contributed by atoms with Gasteiger partial charge in [0.15, 0.2) is 5.17 Å². The number of primary sulfonamides is 1. The number of thioether (sulfide) groups is 1. The van der Waals surface area contributed by atoms with Crippen molar-refractivity contribution in [1.29, 1.82) is 0 Å². The van der Waals surface area contributed by atoms with E-state index in [1.54, 1.807) is 23.9 Å². The Labute approximate surface area is 124 Å². The molecule has 0 saturated carbocycles. The number of rotatable bonds is 3. The van der Waals surface area contributed by atoms with Crippen LogP contribution in [0.15, 0.2) is 34.2 Å². The largest absolute Gasteiger partial charge is 0.335 e. The van der Waals surface area contributed by atoms with E-state index in [2.05, 4.69) is 24.2 Å². The third kappa shape index (κ3) is 3.97. The Hall–Kier alpha value is -1.05. The van der Waals surface area contributed by atoms with E-state index in [1.807, 2.05) is 0 Å². The van der Waals surface area contributed by atoms with E-state index in [0.717, 1.165) is 23.0 Å². The predicted octanol–water partition coefficient (Wildman–Crippen LogP) is 2.26. The van der Waals surface area contributed by atoms with E-state index in [9.17, 15) is 8.42 Å². The molecule has 1 aliphatic rings. The van der Waals surface area contributed by atoms with Gasteiger partial charge in [0.05, 0.1) is 10.9 Å². The molecule has 1 heterocycles. The van der Waals surface area contributed by atoms with Crippen LogP contribution < -0.4 is 10.5 Å². The number of benzene rings is 1. The zero-order chi connectivity index (χ0) is 14.8. The van der Waals surface area contributed by atoms with Crippen molar-refractivity contribution in [2.24, 2.45) is 16.0 Å². The van der Waals surface area contributed by atoms with Gasteiger partial charge >= 0.3 is 0 Å². The lowest BCUT2D eigenvalue weighted by Gasteiger charge is -2.23. The lowest BCUT2D eigenvalue weighted by atomic mass is 10.0. The highest BCUT2D eigenvalue weighted by Gasteiger charge is 2.18. The molecular weight excluding hydrogens is 294 g/mol. The molecule has 0 spiro atoms. The fourth-order valence-corrected chi connectivity index (χ4v) is 3.40. The summed E-state index contributed by atoms with van der Waals surface area (Å²) in [6.07, 6.45) is 1.10. The summed E-state index contributed by atoms with van der Waals surface area (Å²) in [4.78, 5) is 4.79. The van der Waals surface area contributed by atoms with Crippen molar-refractivity contribution in [2.75, 3.05) is 11.1 Å². The Bertz CT molecular complexity index is 595. The van der Waals surface area contributed by atoms with Crippen molar-refractivity contribution in [1.82, 2.24) is 0 Å². The van der Waals surface area contributed by atoms with Gasteiger partial charge in [0.2, 0.25) is 10.0 Å². The minimum Gasteiger partial charge on any atom is -0.335 e. The number of nitrogens with zero attached hydrogens (tertiary/aromatic N) is 1. The van der Waals surface area contributed by atoms with Crippen LogP contribution >= 0.6 is 11.8 Å². The fraction of sp³-hybridized carbons (Fsp3) is 0.462.